The molecule has 3 rings (SSSR count). The second-order valence-electron chi connectivity index (χ2n) is 8.24. The number of nitrogens with one attached hydrogen (secondary N) is 1. The van der Waals surface area contributed by atoms with Crippen LogP contribution in [0.4, 0.5) is 5.69 Å². The van der Waals surface area contributed by atoms with E-state index in [1.807, 2.05) is 6.92 Å². The number of ether oxygens (including phenoxy) is 2. The molecule has 1 saturated heterocycles. The van der Waals surface area contributed by atoms with Crippen LogP contribution in [0.3, 0.4) is 0 Å². The van der Waals surface area contributed by atoms with Crippen molar-refractivity contribution in [1.29, 1.82) is 0 Å². The third kappa shape index (κ3) is 6.15. The Morgan fingerprint density at radius 2 is 1.79 bits per heavy atom. The van der Waals surface area contributed by atoms with Crippen LogP contribution in [0.5, 0.6) is 5.75 Å². The highest BCUT2D eigenvalue weighted by Crippen LogP contribution is 2.27. The molecule has 1 fully saturated rings. The zero-order valence-corrected chi connectivity index (χ0v) is 20.7. The molecular formula is C25H32N2O6S. The lowest BCUT2D eigenvalue weighted by molar-refractivity contribution is -0.116. The maximum Gasteiger partial charge on any atom is 0.338 e. The smallest absolute Gasteiger partial charge is 0.338 e. The van der Waals surface area contributed by atoms with Gasteiger partial charge in [-0.3, -0.25) is 4.79 Å². The average Bonchev–Trinajstić information content (AvgIpc) is 2.84. The second kappa shape index (κ2) is 11.5. The Kier molecular flexibility index (Phi) is 8.68. The molecule has 34 heavy (non-hydrogen) atoms. The normalized spacial score (nSPS) is 14.4. The van der Waals surface area contributed by atoms with Crippen molar-refractivity contribution in [2.75, 3.05) is 32.1 Å². The van der Waals surface area contributed by atoms with Crippen LogP contribution in [-0.4, -0.2) is 51.4 Å². The summed E-state index contributed by atoms with van der Waals surface area (Å²) in [7, 11) is -2.07. The SMILES string of the molecule is CCOC(=O)c1ccc(C)c(NC(=O)CCc2cc(S(=O)(=O)N3CCCCC3)ccc2OC)c1. The number of hydrogen-bond acceptors (Lipinski definition) is 6. The highest BCUT2D eigenvalue weighted by Gasteiger charge is 2.26. The number of amides is 1. The number of esters is 1. The lowest BCUT2D eigenvalue weighted by atomic mass is 10.1. The van der Waals surface area contributed by atoms with Gasteiger partial charge in [0.05, 0.1) is 24.2 Å². The number of benzene rings is 2. The molecular weight excluding hydrogens is 456 g/mol. The van der Waals surface area contributed by atoms with Crippen LogP contribution in [0.1, 0.15) is 54.1 Å². The summed E-state index contributed by atoms with van der Waals surface area (Å²) in [5, 5.41) is 2.84. The molecule has 1 aliphatic heterocycles. The number of sulfonamides is 1. The van der Waals surface area contributed by atoms with E-state index in [1.54, 1.807) is 43.3 Å². The fourth-order valence-electron chi connectivity index (χ4n) is 3.92. The first-order chi connectivity index (χ1) is 16.3. The van der Waals surface area contributed by atoms with E-state index in [1.165, 1.54) is 11.4 Å². The van der Waals surface area contributed by atoms with E-state index in [9.17, 15) is 18.0 Å². The van der Waals surface area contributed by atoms with Crippen LogP contribution in [0, 0.1) is 6.92 Å². The number of carbonyl (C=O) groups is 2. The minimum Gasteiger partial charge on any atom is -0.496 e. The number of hydrogen-bond donors (Lipinski definition) is 1. The average molecular weight is 489 g/mol. The first-order valence-corrected chi connectivity index (χ1v) is 12.9. The van der Waals surface area contributed by atoms with Gasteiger partial charge in [0.1, 0.15) is 5.75 Å². The van der Waals surface area contributed by atoms with Gasteiger partial charge in [-0.15, -0.1) is 0 Å². The van der Waals surface area contributed by atoms with E-state index in [4.69, 9.17) is 9.47 Å². The van der Waals surface area contributed by atoms with Crippen molar-refractivity contribution < 1.29 is 27.5 Å². The predicted octanol–water partition coefficient (Wildman–Crippen LogP) is 3.93. The van der Waals surface area contributed by atoms with Crippen molar-refractivity contribution in [1.82, 2.24) is 4.31 Å². The highest BCUT2D eigenvalue weighted by atomic mass is 32.2. The lowest BCUT2D eigenvalue weighted by Crippen LogP contribution is -2.35. The molecule has 0 aliphatic carbocycles. The minimum atomic E-state index is -3.59. The maximum atomic E-state index is 13.1. The molecule has 0 bridgehead atoms. The van der Waals surface area contributed by atoms with Crippen LogP contribution < -0.4 is 10.1 Å². The van der Waals surface area contributed by atoms with E-state index in [0.29, 0.717) is 42.1 Å². The number of aryl methyl sites for hydroxylation is 2. The third-order valence-corrected chi connectivity index (χ3v) is 7.74. The minimum absolute atomic E-state index is 0.118. The second-order valence-corrected chi connectivity index (χ2v) is 10.2. The van der Waals surface area contributed by atoms with Crippen molar-refractivity contribution in [3.8, 4) is 5.75 Å². The fraction of sp³-hybridized carbons (Fsp3) is 0.440. The lowest BCUT2D eigenvalue weighted by Gasteiger charge is -2.26. The van der Waals surface area contributed by atoms with Crippen molar-refractivity contribution in [3.05, 3.63) is 53.1 Å². The topological polar surface area (TPSA) is 102 Å². The number of carbonyl (C=O) groups excluding carboxylic acids is 2. The van der Waals surface area contributed by atoms with Crippen LogP contribution in [0.15, 0.2) is 41.3 Å². The molecule has 0 aromatic heterocycles. The zero-order valence-electron chi connectivity index (χ0n) is 19.9. The van der Waals surface area contributed by atoms with Crippen LogP contribution >= 0.6 is 0 Å². The summed E-state index contributed by atoms with van der Waals surface area (Å²) in [6.45, 7) is 4.88. The molecule has 1 aliphatic rings. The van der Waals surface area contributed by atoms with Gasteiger partial charge in [0.25, 0.3) is 0 Å². The van der Waals surface area contributed by atoms with Gasteiger partial charge in [0.2, 0.25) is 15.9 Å². The molecule has 1 heterocycles. The van der Waals surface area contributed by atoms with E-state index in [0.717, 1.165) is 24.8 Å². The molecule has 1 N–H and O–H groups in total. The Balaban J connectivity index is 1.72. The molecule has 0 atom stereocenters. The van der Waals surface area contributed by atoms with E-state index < -0.39 is 16.0 Å². The van der Waals surface area contributed by atoms with Gasteiger partial charge < -0.3 is 14.8 Å². The largest absolute Gasteiger partial charge is 0.496 e. The molecule has 2 aromatic carbocycles. The highest BCUT2D eigenvalue weighted by molar-refractivity contribution is 7.89. The van der Waals surface area contributed by atoms with Gasteiger partial charge in [-0.1, -0.05) is 12.5 Å². The summed E-state index contributed by atoms with van der Waals surface area (Å²) in [6, 6.07) is 9.79. The summed E-state index contributed by atoms with van der Waals surface area (Å²) in [5.41, 5.74) is 2.35. The summed E-state index contributed by atoms with van der Waals surface area (Å²) in [5.74, 6) is -0.171. The van der Waals surface area contributed by atoms with Crippen molar-refractivity contribution in [3.63, 3.8) is 0 Å². The first-order valence-electron chi connectivity index (χ1n) is 11.5. The first kappa shape index (κ1) is 25.7. The number of piperidine rings is 1. The van der Waals surface area contributed by atoms with Crippen molar-refractivity contribution in [2.45, 2.75) is 50.8 Å². The van der Waals surface area contributed by atoms with E-state index >= 15 is 0 Å². The van der Waals surface area contributed by atoms with Crippen molar-refractivity contribution in [2.24, 2.45) is 0 Å². The van der Waals surface area contributed by atoms with Crippen LogP contribution in [0.25, 0.3) is 0 Å². The monoisotopic (exact) mass is 488 g/mol. The number of anilines is 1. The summed E-state index contributed by atoms with van der Waals surface area (Å²) in [6.07, 6.45) is 3.18. The molecule has 9 heteroatoms. The Labute approximate surface area is 201 Å². The third-order valence-electron chi connectivity index (χ3n) is 5.85. The van der Waals surface area contributed by atoms with Gasteiger partial charge in [-0.05, 0) is 74.6 Å². The van der Waals surface area contributed by atoms with Crippen LogP contribution in [-0.2, 0) is 26.0 Å². The maximum absolute atomic E-state index is 13.1. The molecule has 0 saturated carbocycles. The van der Waals surface area contributed by atoms with E-state index in [2.05, 4.69) is 5.32 Å². The van der Waals surface area contributed by atoms with Crippen LogP contribution in [0.2, 0.25) is 0 Å². The fourth-order valence-corrected chi connectivity index (χ4v) is 5.49. The molecule has 0 unspecified atom stereocenters. The molecule has 184 valence electrons. The van der Waals surface area contributed by atoms with Gasteiger partial charge in [0.15, 0.2) is 0 Å². The van der Waals surface area contributed by atoms with Gasteiger partial charge >= 0.3 is 5.97 Å². The Morgan fingerprint density at radius 3 is 2.47 bits per heavy atom. The Hall–Kier alpha value is -2.91. The molecule has 8 nitrogen and oxygen atoms in total. The molecule has 2 aromatic rings. The Morgan fingerprint density at radius 1 is 1.06 bits per heavy atom. The number of methoxy groups -OCH3 is 1. The summed E-state index contributed by atoms with van der Waals surface area (Å²) in [4.78, 5) is 24.9. The summed E-state index contributed by atoms with van der Waals surface area (Å²) < 4.78 is 38.1. The molecule has 0 radical (unpaired) electrons. The molecule has 1 amide bonds. The zero-order chi connectivity index (χ0) is 24.7. The molecule has 0 spiro atoms. The number of nitrogens with zero attached hydrogens (tertiary/aromatic N) is 1. The van der Waals surface area contributed by atoms with Gasteiger partial charge in [-0.25, -0.2) is 13.2 Å². The number of rotatable bonds is 9. The Bertz CT molecular complexity index is 1140. The van der Waals surface area contributed by atoms with Gasteiger partial charge in [0, 0.05) is 25.2 Å². The van der Waals surface area contributed by atoms with Gasteiger partial charge in [-0.2, -0.15) is 4.31 Å². The summed E-state index contributed by atoms with van der Waals surface area (Å²) >= 11 is 0. The quantitative estimate of drug-likeness (QED) is 0.537. The van der Waals surface area contributed by atoms with Crippen molar-refractivity contribution >= 4 is 27.6 Å². The predicted molar refractivity (Wildman–Crippen MR) is 130 cm³/mol. The standard InChI is InChI=1S/C25H32N2O6S/c1-4-33-25(29)20-9-8-18(2)22(17-20)26-24(28)13-10-19-16-21(11-12-23(19)32-3)34(30,31)27-14-6-5-7-15-27/h8-9,11-12,16-17H,4-7,10,13-15H2,1-3H3,(H,26,28). The van der Waals surface area contributed by atoms with E-state index in [-0.39, 0.29) is 23.8 Å².